The maximum atomic E-state index is 11.4. The Labute approximate surface area is 82.0 Å². The van der Waals surface area contributed by atoms with Gasteiger partial charge < -0.3 is 0 Å². The predicted molar refractivity (Wildman–Crippen MR) is 59.1 cm³/mol. The van der Waals surface area contributed by atoms with Crippen molar-refractivity contribution in [2.75, 3.05) is 28.8 Å². The average molecular weight is 205 g/mol. The zero-order valence-corrected chi connectivity index (χ0v) is 9.47. The van der Waals surface area contributed by atoms with Crippen LogP contribution in [0, 0.1) is 5.92 Å². The third kappa shape index (κ3) is 3.40. The first-order valence-electron chi connectivity index (χ1n) is 4.44. The summed E-state index contributed by atoms with van der Waals surface area (Å²) in [5.41, 5.74) is 0. The first-order valence-corrected chi connectivity index (χ1v) is 7.33. The molecule has 1 aliphatic rings. The monoisotopic (exact) mass is 205 g/mol. The quantitative estimate of drug-likeness (QED) is 0.651. The molecule has 1 fully saturated rings. The highest BCUT2D eigenvalue weighted by molar-refractivity contribution is 8.05. The Bertz CT molecular complexity index is 151. The van der Waals surface area contributed by atoms with Crippen LogP contribution in [0.3, 0.4) is 0 Å². The van der Waals surface area contributed by atoms with E-state index in [1.807, 2.05) is 25.6 Å². The number of hydrogen-bond donors (Lipinski definition) is 0. The van der Waals surface area contributed by atoms with Crippen LogP contribution in [0.5, 0.6) is 0 Å². The number of thioether (sulfide) groups is 1. The third-order valence-corrected chi connectivity index (χ3v) is 5.78. The SMILES string of the molecule is CC(C)C(=O)C[S+]1CCSCC1. The summed E-state index contributed by atoms with van der Waals surface area (Å²) in [5, 5.41) is 0. The highest BCUT2D eigenvalue weighted by Crippen LogP contribution is 2.14. The van der Waals surface area contributed by atoms with Gasteiger partial charge in [0.2, 0.25) is 0 Å². The number of hydrogen-bond acceptors (Lipinski definition) is 2. The molecule has 0 aliphatic carbocycles. The van der Waals surface area contributed by atoms with Crippen molar-refractivity contribution in [2.24, 2.45) is 5.92 Å². The van der Waals surface area contributed by atoms with Gasteiger partial charge in [0, 0.05) is 17.4 Å². The zero-order chi connectivity index (χ0) is 8.97. The van der Waals surface area contributed by atoms with E-state index in [-0.39, 0.29) is 5.92 Å². The molecule has 1 heterocycles. The van der Waals surface area contributed by atoms with E-state index in [1.165, 1.54) is 23.0 Å². The van der Waals surface area contributed by atoms with Gasteiger partial charge in [-0.05, 0) is 10.9 Å². The van der Waals surface area contributed by atoms with Gasteiger partial charge in [0.25, 0.3) is 0 Å². The summed E-state index contributed by atoms with van der Waals surface area (Å²) in [5.74, 6) is 6.67. The maximum Gasteiger partial charge on any atom is 0.184 e. The van der Waals surface area contributed by atoms with Gasteiger partial charge in [-0.2, -0.15) is 11.8 Å². The highest BCUT2D eigenvalue weighted by Gasteiger charge is 2.26. The lowest BCUT2D eigenvalue weighted by atomic mass is 10.1. The van der Waals surface area contributed by atoms with Crippen LogP contribution in [0.1, 0.15) is 13.8 Å². The van der Waals surface area contributed by atoms with E-state index < -0.39 is 0 Å². The molecule has 0 bridgehead atoms. The molecular formula is C9H17OS2+. The lowest BCUT2D eigenvalue weighted by molar-refractivity contribution is -0.119. The number of Topliss-reactive ketones (excluding diaryl/α,β-unsaturated/α-hetero) is 1. The van der Waals surface area contributed by atoms with Crippen LogP contribution < -0.4 is 0 Å². The molecule has 1 aliphatic heterocycles. The van der Waals surface area contributed by atoms with Crippen LogP contribution in [-0.4, -0.2) is 34.5 Å². The molecule has 0 aromatic heterocycles. The second-order valence-electron chi connectivity index (χ2n) is 3.40. The molecule has 0 radical (unpaired) electrons. The summed E-state index contributed by atoms with van der Waals surface area (Å²) in [7, 11) is 0.434. The molecule has 1 nitrogen and oxygen atoms in total. The number of carbonyl (C=O) groups is 1. The second-order valence-corrected chi connectivity index (χ2v) is 6.95. The topological polar surface area (TPSA) is 17.1 Å². The molecule has 12 heavy (non-hydrogen) atoms. The van der Waals surface area contributed by atoms with Gasteiger partial charge in [-0.15, -0.1) is 0 Å². The molecule has 0 saturated carbocycles. The third-order valence-electron chi connectivity index (χ3n) is 2.02. The Morgan fingerprint density at radius 3 is 2.50 bits per heavy atom. The predicted octanol–water partition coefficient (Wildman–Crippen LogP) is 1.58. The largest absolute Gasteiger partial charge is 0.294 e. The summed E-state index contributed by atoms with van der Waals surface area (Å²) < 4.78 is 0. The molecule has 0 aromatic rings. The zero-order valence-electron chi connectivity index (χ0n) is 7.84. The molecule has 0 aromatic carbocycles. The Morgan fingerprint density at radius 2 is 2.00 bits per heavy atom. The first kappa shape index (κ1) is 10.5. The normalized spacial score (nSPS) is 19.9. The van der Waals surface area contributed by atoms with Crippen LogP contribution in [0.2, 0.25) is 0 Å². The minimum atomic E-state index is 0.243. The molecule has 1 rings (SSSR count). The maximum absolute atomic E-state index is 11.4. The highest BCUT2D eigenvalue weighted by atomic mass is 32.2. The smallest absolute Gasteiger partial charge is 0.184 e. The van der Waals surface area contributed by atoms with Crippen LogP contribution in [0.25, 0.3) is 0 Å². The van der Waals surface area contributed by atoms with Crippen molar-refractivity contribution in [2.45, 2.75) is 13.8 Å². The molecule has 0 atom stereocenters. The fourth-order valence-corrected chi connectivity index (χ4v) is 5.33. The van der Waals surface area contributed by atoms with Crippen molar-refractivity contribution in [3.05, 3.63) is 0 Å². The second kappa shape index (κ2) is 5.18. The minimum Gasteiger partial charge on any atom is -0.294 e. The van der Waals surface area contributed by atoms with E-state index >= 15 is 0 Å². The molecule has 0 unspecified atom stereocenters. The van der Waals surface area contributed by atoms with Gasteiger partial charge in [-0.1, -0.05) is 13.8 Å². The van der Waals surface area contributed by atoms with Crippen molar-refractivity contribution in [3.8, 4) is 0 Å². The van der Waals surface area contributed by atoms with Gasteiger partial charge >= 0.3 is 0 Å². The Kier molecular flexibility index (Phi) is 4.51. The van der Waals surface area contributed by atoms with E-state index in [4.69, 9.17) is 0 Å². The molecule has 3 heteroatoms. The fourth-order valence-electron chi connectivity index (χ4n) is 1.07. The Hall–Kier alpha value is 0.370. The summed E-state index contributed by atoms with van der Waals surface area (Å²) in [4.78, 5) is 11.4. The molecule has 70 valence electrons. The van der Waals surface area contributed by atoms with Gasteiger partial charge in [-0.25, -0.2) is 0 Å². The summed E-state index contributed by atoms with van der Waals surface area (Å²) in [6, 6.07) is 0. The van der Waals surface area contributed by atoms with E-state index in [0.717, 1.165) is 5.75 Å². The van der Waals surface area contributed by atoms with Gasteiger partial charge in [-0.3, -0.25) is 4.79 Å². The van der Waals surface area contributed by atoms with Crippen molar-refractivity contribution in [1.82, 2.24) is 0 Å². The van der Waals surface area contributed by atoms with Crippen LogP contribution in [0.4, 0.5) is 0 Å². The van der Waals surface area contributed by atoms with Crippen molar-refractivity contribution in [3.63, 3.8) is 0 Å². The van der Waals surface area contributed by atoms with Crippen molar-refractivity contribution in [1.29, 1.82) is 0 Å². The van der Waals surface area contributed by atoms with Gasteiger partial charge in [0.05, 0.1) is 0 Å². The summed E-state index contributed by atoms with van der Waals surface area (Å²) >= 11 is 2.03. The molecule has 1 saturated heterocycles. The van der Waals surface area contributed by atoms with E-state index in [1.54, 1.807) is 0 Å². The van der Waals surface area contributed by atoms with Crippen molar-refractivity contribution < 1.29 is 4.79 Å². The Morgan fingerprint density at radius 1 is 1.42 bits per heavy atom. The van der Waals surface area contributed by atoms with Crippen LogP contribution in [0.15, 0.2) is 0 Å². The lowest BCUT2D eigenvalue weighted by Crippen LogP contribution is -2.29. The average Bonchev–Trinajstić information content (AvgIpc) is 2.06. The van der Waals surface area contributed by atoms with Gasteiger partial charge in [0.15, 0.2) is 11.5 Å². The van der Waals surface area contributed by atoms with E-state index in [2.05, 4.69) is 0 Å². The Balaban J connectivity index is 2.24. The van der Waals surface area contributed by atoms with Gasteiger partial charge in [0.1, 0.15) is 11.5 Å². The summed E-state index contributed by atoms with van der Waals surface area (Å²) in [6.07, 6.45) is 0. The fraction of sp³-hybridized carbons (Fsp3) is 0.889. The van der Waals surface area contributed by atoms with E-state index in [9.17, 15) is 4.79 Å². The van der Waals surface area contributed by atoms with Crippen molar-refractivity contribution >= 4 is 28.4 Å². The molecule has 0 amide bonds. The first-order chi connectivity index (χ1) is 5.70. The number of carbonyl (C=O) groups excluding carboxylic acids is 1. The lowest BCUT2D eigenvalue weighted by Gasteiger charge is -2.13. The molecular weight excluding hydrogens is 188 g/mol. The molecule has 0 N–H and O–H groups in total. The minimum absolute atomic E-state index is 0.243. The standard InChI is InChI=1S/C9H17OS2/c1-8(2)9(10)7-12-5-3-11-4-6-12/h8H,3-7H2,1-2H3/q+1. The molecule has 0 spiro atoms. The number of ketones is 1. The van der Waals surface area contributed by atoms with E-state index in [0.29, 0.717) is 16.7 Å². The number of rotatable bonds is 3. The van der Waals surface area contributed by atoms with Crippen LogP contribution >= 0.6 is 11.8 Å². The summed E-state index contributed by atoms with van der Waals surface area (Å²) in [6.45, 7) is 4.01. The van der Waals surface area contributed by atoms with Crippen LogP contribution in [-0.2, 0) is 15.7 Å².